The Morgan fingerprint density at radius 3 is 2.89 bits per heavy atom. The second-order valence-corrected chi connectivity index (χ2v) is 5.23. The minimum Gasteiger partial charge on any atom is -0.465 e. The Kier molecular flexibility index (Phi) is 4.01. The van der Waals surface area contributed by atoms with Gasteiger partial charge in [0, 0.05) is 28.5 Å². The highest BCUT2D eigenvalue weighted by atomic mass is 79.9. The van der Waals surface area contributed by atoms with E-state index >= 15 is 0 Å². The number of methoxy groups -OCH3 is 1. The summed E-state index contributed by atoms with van der Waals surface area (Å²) in [6.07, 6.45) is 3.79. The van der Waals surface area contributed by atoms with Crippen molar-refractivity contribution in [2.45, 2.75) is 12.8 Å². The summed E-state index contributed by atoms with van der Waals surface area (Å²) in [5.41, 5.74) is 2.03. The molecule has 0 aromatic heterocycles. The highest BCUT2D eigenvalue weighted by molar-refractivity contribution is 9.10. The number of hydrogen-bond acceptors (Lipinski definition) is 4. The molecule has 2 N–H and O–H groups in total. The van der Waals surface area contributed by atoms with Gasteiger partial charge in [0.15, 0.2) is 0 Å². The van der Waals surface area contributed by atoms with Gasteiger partial charge in [-0.15, -0.1) is 0 Å². The third kappa shape index (κ3) is 2.90. The van der Waals surface area contributed by atoms with E-state index < -0.39 is 0 Å². The smallest absolute Gasteiger partial charge is 0.337 e. The molecular formula is C13H15BrN2O2. The molecule has 1 saturated carbocycles. The molecule has 0 unspecified atom stereocenters. The number of halogens is 1. The lowest BCUT2D eigenvalue weighted by Gasteiger charge is -2.12. The Labute approximate surface area is 114 Å². The minimum atomic E-state index is -0.373. The topological polar surface area (TPSA) is 62.2 Å². The predicted octanol–water partition coefficient (Wildman–Crippen LogP) is 3.06. The van der Waals surface area contributed by atoms with E-state index in [1.54, 1.807) is 12.1 Å². The first-order valence-electron chi connectivity index (χ1n) is 5.82. The van der Waals surface area contributed by atoms with Crippen molar-refractivity contribution in [1.82, 2.24) is 0 Å². The number of nitrogens with one attached hydrogen (secondary N) is 2. The van der Waals surface area contributed by atoms with E-state index in [2.05, 4.69) is 21.2 Å². The Balaban J connectivity index is 2.29. The van der Waals surface area contributed by atoms with Crippen LogP contribution in [0.2, 0.25) is 0 Å². The van der Waals surface area contributed by atoms with Crippen LogP contribution in [0.5, 0.6) is 0 Å². The normalized spacial score (nSPS) is 14.1. The SMILES string of the molecule is COC(=O)c1cc(Br)c(C=N)c(NCC2CC2)c1. The zero-order valence-corrected chi connectivity index (χ0v) is 11.7. The van der Waals surface area contributed by atoms with Crippen molar-refractivity contribution in [3.05, 3.63) is 27.7 Å². The first kappa shape index (κ1) is 13.1. The number of benzene rings is 1. The molecule has 1 aliphatic rings. The van der Waals surface area contributed by atoms with E-state index in [9.17, 15) is 4.79 Å². The summed E-state index contributed by atoms with van der Waals surface area (Å²) in [5, 5.41) is 10.7. The van der Waals surface area contributed by atoms with Crippen molar-refractivity contribution in [3.8, 4) is 0 Å². The Morgan fingerprint density at radius 1 is 1.61 bits per heavy atom. The number of hydrogen-bond donors (Lipinski definition) is 2. The molecule has 2 rings (SSSR count). The van der Waals surface area contributed by atoms with Gasteiger partial charge in [-0.05, 0) is 30.9 Å². The average Bonchev–Trinajstić information content (AvgIpc) is 3.18. The van der Waals surface area contributed by atoms with E-state index in [1.807, 2.05) is 0 Å². The molecule has 4 nitrogen and oxygen atoms in total. The molecule has 1 aromatic rings. The zero-order chi connectivity index (χ0) is 13.1. The lowest BCUT2D eigenvalue weighted by Crippen LogP contribution is -2.09. The second-order valence-electron chi connectivity index (χ2n) is 4.38. The molecular weight excluding hydrogens is 296 g/mol. The number of esters is 1. The number of carbonyl (C=O) groups excluding carboxylic acids is 1. The fourth-order valence-electron chi connectivity index (χ4n) is 1.72. The number of carbonyl (C=O) groups is 1. The molecule has 1 aliphatic carbocycles. The summed E-state index contributed by atoms with van der Waals surface area (Å²) < 4.78 is 5.43. The Hall–Kier alpha value is -1.36. The lowest BCUT2D eigenvalue weighted by atomic mass is 10.1. The van der Waals surface area contributed by atoms with Crippen LogP contribution in [0.3, 0.4) is 0 Å². The van der Waals surface area contributed by atoms with Gasteiger partial charge >= 0.3 is 5.97 Å². The molecule has 0 aliphatic heterocycles. The Bertz CT molecular complexity index is 484. The van der Waals surface area contributed by atoms with Crippen LogP contribution in [0.25, 0.3) is 0 Å². The standard InChI is InChI=1S/C13H15BrN2O2/c1-18-13(17)9-4-11(14)10(6-15)12(5-9)16-7-8-2-3-8/h4-6,8,15-16H,2-3,7H2,1H3. The van der Waals surface area contributed by atoms with Crippen molar-refractivity contribution in [2.75, 3.05) is 19.0 Å². The third-order valence-electron chi connectivity index (χ3n) is 2.97. The molecule has 1 aromatic carbocycles. The quantitative estimate of drug-likeness (QED) is 0.649. The summed E-state index contributed by atoms with van der Waals surface area (Å²) in [6, 6.07) is 3.41. The highest BCUT2D eigenvalue weighted by Crippen LogP contribution is 2.31. The van der Waals surface area contributed by atoms with Gasteiger partial charge in [0.2, 0.25) is 0 Å². The second kappa shape index (κ2) is 5.52. The molecule has 1 fully saturated rings. The van der Waals surface area contributed by atoms with Gasteiger partial charge in [-0.1, -0.05) is 15.9 Å². The van der Waals surface area contributed by atoms with E-state index in [4.69, 9.17) is 10.1 Å². The van der Waals surface area contributed by atoms with Crippen LogP contribution in [0.4, 0.5) is 5.69 Å². The van der Waals surface area contributed by atoms with Crippen LogP contribution < -0.4 is 5.32 Å². The number of anilines is 1. The molecule has 0 amide bonds. The molecule has 0 atom stereocenters. The summed E-state index contributed by atoms with van der Waals surface area (Å²) in [5.74, 6) is 0.353. The van der Waals surface area contributed by atoms with E-state index in [1.165, 1.54) is 26.2 Å². The zero-order valence-electron chi connectivity index (χ0n) is 10.1. The molecule has 18 heavy (non-hydrogen) atoms. The van der Waals surface area contributed by atoms with Crippen LogP contribution in [0.1, 0.15) is 28.8 Å². The summed E-state index contributed by atoms with van der Waals surface area (Å²) in [6.45, 7) is 0.887. The fourth-order valence-corrected chi connectivity index (χ4v) is 2.30. The van der Waals surface area contributed by atoms with Crippen molar-refractivity contribution in [2.24, 2.45) is 5.92 Å². The minimum absolute atomic E-state index is 0.373. The van der Waals surface area contributed by atoms with Crippen molar-refractivity contribution in [3.63, 3.8) is 0 Å². The van der Waals surface area contributed by atoms with Crippen molar-refractivity contribution >= 4 is 33.8 Å². The highest BCUT2D eigenvalue weighted by Gasteiger charge is 2.21. The van der Waals surface area contributed by atoms with E-state index in [0.29, 0.717) is 5.56 Å². The number of ether oxygens (including phenoxy) is 1. The van der Waals surface area contributed by atoms with Crippen LogP contribution in [0, 0.1) is 11.3 Å². The van der Waals surface area contributed by atoms with Gasteiger partial charge in [0.25, 0.3) is 0 Å². The largest absolute Gasteiger partial charge is 0.465 e. The maximum absolute atomic E-state index is 11.5. The van der Waals surface area contributed by atoms with E-state index in [-0.39, 0.29) is 5.97 Å². The summed E-state index contributed by atoms with van der Waals surface area (Å²) in [7, 11) is 1.36. The summed E-state index contributed by atoms with van der Waals surface area (Å²) >= 11 is 3.38. The van der Waals surface area contributed by atoms with Crippen LogP contribution in [-0.4, -0.2) is 25.8 Å². The van der Waals surface area contributed by atoms with Crippen LogP contribution in [-0.2, 0) is 4.74 Å². The molecule has 0 radical (unpaired) electrons. The monoisotopic (exact) mass is 310 g/mol. The fraction of sp³-hybridized carbons (Fsp3) is 0.385. The lowest BCUT2D eigenvalue weighted by molar-refractivity contribution is 0.0600. The predicted molar refractivity (Wildman–Crippen MR) is 74.6 cm³/mol. The van der Waals surface area contributed by atoms with Crippen LogP contribution in [0.15, 0.2) is 16.6 Å². The molecule has 96 valence electrons. The van der Waals surface area contributed by atoms with E-state index in [0.717, 1.165) is 28.2 Å². The van der Waals surface area contributed by atoms with Gasteiger partial charge in [0.05, 0.1) is 12.7 Å². The molecule has 0 saturated heterocycles. The molecule has 0 bridgehead atoms. The molecule has 0 heterocycles. The maximum atomic E-state index is 11.5. The number of rotatable bonds is 5. The first-order chi connectivity index (χ1) is 8.65. The van der Waals surface area contributed by atoms with Gasteiger partial charge < -0.3 is 15.5 Å². The van der Waals surface area contributed by atoms with Gasteiger partial charge in [-0.25, -0.2) is 4.79 Å². The van der Waals surface area contributed by atoms with Crippen LogP contribution >= 0.6 is 15.9 Å². The van der Waals surface area contributed by atoms with Gasteiger partial charge in [0.1, 0.15) is 0 Å². The maximum Gasteiger partial charge on any atom is 0.337 e. The Morgan fingerprint density at radius 2 is 2.33 bits per heavy atom. The first-order valence-corrected chi connectivity index (χ1v) is 6.61. The van der Waals surface area contributed by atoms with Gasteiger partial charge in [-0.3, -0.25) is 0 Å². The summed E-state index contributed by atoms with van der Waals surface area (Å²) in [4.78, 5) is 11.5. The average molecular weight is 311 g/mol. The van der Waals surface area contributed by atoms with Crippen molar-refractivity contribution < 1.29 is 9.53 Å². The van der Waals surface area contributed by atoms with Gasteiger partial charge in [-0.2, -0.15) is 0 Å². The van der Waals surface area contributed by atoms with Crippen molar-refractivity contribution in [1.29, 1.82) is 5.41 Å². The molecule has 0 spiro atoms. The third-order valence-corrected chi connectivity index (χ3v) is 3.63. The molecule has 5 heteroatoms.